The molecular weight excluding hydrogens is 272 g/mol. The second kappa shape index (κ2) is 7.18. The first-order valence-electron chi connectivity index (χ1n) is 5.26. The Bertz CT molecular complexity index is 291. The third-order valence-electron chi connectivity index (χ3n) is 2.27. The molecule has 0 aromatic heterocycles. The second-order valence-electron chi connectivity index (χ2n) is 3.58. The predicted molar refractivity (Wildman–Crippen MR) is 71.9 cm³/mol. The highest BCUT2D eigenvalue weighted by atomic mass is 79.9. The van der Waals surface area contributed by atoms with Crippen LogP contribution in [-0.2, 0) is 0 Å². The number of halogens is 1. The Kier molecular flexibility index (Phi) is 6.18. The maximum atomic E-state index is 5.75. The first-order valence-corrected chi connectivity index (χ1v) is 6.68. The van der Waals surface area contributed by atoms with Crippen LogP contribution in [0, 0.1) is 5.92 Å². The van der Waals surface area contributed by atoms with Gasteiger partial charge in [0.1, 0.15) is 5.75 Å². The van der Waals surface area contributed by atoms with Gasteiger partial charge in [0, 0.05) is 5.92 Å². The number of para-hydroxylation sites is 1. The molecule has 1 unspecified atom stereocenters. The molecule has 15 heavy (non-hydrogen) atoms. The van der Waals surface area contributed by atoms with E-state index in [-0.39, 0.29) is 0 Å². The molecule has 0 bridgehead atoms. The van der Waals surface area contributed by atoms with E-state index in [1.807, 2.05) is 24.3 Å². The zero-order chi connectivity index (χ0) is 11.1. The summed E-state index contributed by atoms with van der Waals surface area (Å²) in [6.07, 6.45) is 2.36. The molecule has 1 nitrogen and oxygen atoms in total. The Morgan fingerprint density at radius 1 is 1.40 bits per heavy atom. The number of ether oxygens (including phenoxy) is 1. The first kappa shape index (κ1) is 12.9. The largest absolute Gasteiger partial charge is 0.492 e. The molecule has 0 aliphatic heterocycles. The molecule has 84 valence electrons. The van der Waals surface area contributed by atoms with E-state index in [1.54, 1.807) is 0 Å². The molecule has 1 rings (SSSR count). The molecule has 0 aliphatic rings. The maximum absolute atomic E-state index is 5.75. The molecule has 1 aromatic rings. The summed E-state index contributed by atoms with van der Waals surface area (Å²) in [6, 6.07) is 7.94. The van der Waals surface area contributed by atoms with Crippen LogP contribution >= 0.6 is 28.6 Å². The summed E-state index contributed by atoms with van der Waals surface area (Å²) in [5, 5.41) is 0. The van der Waals surface area contributed by atoms with Crippen molar-refractivity contribution in [3.05, 3.63) is 28.7 Å². The van der Waals surface area contributed by atoms with Crippen LogP contribution in [-0.4, -0.2) is 12.4 Å². The topological polar surface area (TPSA) is 9.23 Å². The molecule has 1 aromatic carbocycles. The van der Waals surface area contributed by atoms with Gasteiger partial charge in [-0.1, -0.05) is 25.5 Å². The summed E-state index contributed by atoms with van der Waals surface area (Å²) in [4.78, 5) is 0. The van der Waals surface area contributed by atoms with Crippen molar-refractivity contribution < 1.29 is 4.74 Å². The summed E-state index contributed by atoms with van der Waals surface area (Å²) >= 11 is 7.79. The van der Waals surface area contributed by atoms with Crippen LogP contribution in [0.3, 0.4) is 0 Å². The molecule has 0 heterocycles. The summed E-state index contributed by atoms with van der Waals surface area (Å²) in [5.74, 6) is 2.35. The van der Waals surface area contributed by atoms with Gasteiger partial charge in [-0.05, 0) is 40.2 Å². The fourth-order valence-electron chi connectivity index (χ4n) is 1.40. The molecule has 0 saturated heterocycles. The summed E-state index contributed by atoms with van der Waals surface area (Å²) in [5.41, 5.74) is 0. The third-order valence-corrected chi connectivity index (χ3v) is 3.44. The minimum absolute atomic E-state index is 0.547. The molecule has 0 spiro atoms. The van der Waals surface area contributed by atoms with Crippen molar-refractivity contribution >= 4 is 28.6 Å². The molecule has 0 amide bonds. The van der Waals surface area contributed by atoms with E-state index in [4.69, 9.17) is 4.74 Å². The minimum atomic E-state index is 0.547. The van der Waals surface area contributed by atoms with Crippen molar-refractivity contribution in [2.24, 2.45) is 5.92 Å². The van der Waals surface area contributed by atoms with Crippen molar-refractivity contribution in [3.8, 4) is 5.75 Å². The number of hydrogen-bond acceptors (Lipinski definition) is 2. The van der Waals surface area contributed by atoms with E-state index in [9.17, 15) is 0 Å². The van der Waals surface area contributed by atoms with Crippen LogP contribution in [0.2, 0.25) is 0 Å². The van der Waals surface area contributed by atoms with Crippen molar-refractivity contribution in [1.82, 2.24) is 0 Å². The van der Waals surface area contributed by atoms with E-state index in [2.05, 4.69) is 35.5 Å². The number of benzene rings is 1. The molecule has 3 heteroatoms. The van der Waals surface area contributed by atoms with Gasteiger partial charge < -0.3 is 4.74 Å². The zero-order valence-corrected chi connectivity index (χ0v) is 11.4. The lowest BCUT2D eigenvalue weighted by molar-refractivity contribution is 0.253. The van der Waals surface area contributed by atoms with Crippen molar-refractivity contribution in [2.45, 2.75) is 19.8 Å². The van der Waals surface area contributed by atoms with Gasteiger partial charge in [-0.15, -0.1) is 0 Å². The molecule has 0 saturated carbocycles. The highest BCUT2D eigenvalue weighted by Crippen LogP contribution is 2.24. The van der Waals surface area contributed by atoms with E-state index in [0.29, 0.717) is 5.92 Å². The van der Waals surface area contributed by atoms with Gasteiger partial charge in [0.05, 0.1) is 11.1 Å². The van der Waals surface area contributed by atoms with E-state index in [0.717, 1.165) is 22.6 Å². The normalized spacial score (nSPS) is 12.5. The number of rotatable bonds is 6. The highest BCUT2D eigenvalue weighted by Gasteiger charge is 2.07. The van der Waals surface area contributed by atoms with Crippen LogP contribution in [0.5, 0.6) is 5.75 Å². The van der Waals surface area contributed by atoms with Gasteiger partial charge in [0.15, 0.2) is 0 Å². The fraction of sp³-hybridized carbons (Fsp3) is 0.500. The lowest BCUT2D eigenvalue weighted by atomic mass is 10.1. The number of thiol groups is 1. The Labute approximate surface area is 106 Å². The van der Waals surface area contributed by atoms with Crippen LogP contribution in [0.4, 0.5) is 0 Å². The van der Waals surface area contributed by atoms with Crippen LogP contribution in [0.25, 0.3) is 0 Å². The predicted octanol–water partition coefficient (Wildman–Crippen LogP) is 4.17. The second-order valence-corrected chi connectivity index (χ2v) is 4.80. The zero-order valence-electron chi connectivity index (χ0n) is 8.95. The van der Waals surface area contributed by atoms with Gasteiger partial charge in [-0.2, -0.15) is 12.6 Å². The van der Waals surface area contributed by atoms with E-state index < -0.39 is 0 Å². The lowest BCUT2D eigenvalue weighted by Gasteiger charge is -2.15. The number of hydrogen-bond donors (Lipinski definition) is 1. The summed E-state index contributed by atoms with van der Waals surface area (Å²) in [6.45, 7) is 2.94. The van der Waals surface area contributed by atoms with Crippen molar-refractivity contribution in [1.29, 1.82) is 0 Å². The van der Waals surface area contributed by atoms with E-state index >= 15 is 0 Å². The van der Waals surface area contributed by atoms with Gasteiger partial charge in [-0.25, -0.2) is 0 Å². The van der Waals surface area contributed by atoms with Crippen LogP contribution in [0.15, 0.2) is 28.7 Å². The SMILES string of the molecule is CCCC(CS)COc1ccccc1Br. The molecule has 0 aliphatic carbocycles. The molecular formula is C12H17BrOS. The monoisotopic (exact) mass is 288 g/mol. The third kappa shape index (κ3) is 4.47. The Morgan fingerprint density at radius 3 is 2.73 bits per heavy atom. The fourth-order valence-corrected chi connectivity index (χ4v) is 2.09. The average molecular weight is 289 g/mol. The van der Waals surface area contributed by atoms with Gasteiger partial charge in [0.2, 0.25) is 0 Å². The smallest absolute Gasteiger partial charge is 0.133 e. The van der Waals surface area contributed by atoms with E-state index in [1.165, 1.54) is 12.8 Å². The first-order chi connectivity index (χ1) is 7.27. The van der Waals surface area contributed by atoms with Crippen LogP contribution in [0.1, 0.15) is 19.8 Å². The standard InChI is InChI=1S/C12H17BrOS/c1-2-5-10(9-15)8-14-12-7-4-3-6-11(12)13/h3-4,6-7,10,15H,2,5,8-9H2,1H3. The van der Waals surface area contributed by atoms with Crippen molar-refractivity contribution in [2.75, 3.05) is 12.4 Å². The highest BCUT2D eigenvalue weighted by molar-refractivity contribution is 9.10. The summed E-state index contributed by atoms with van der Waals surface area (Å²) in [7, 11) is 0. The van der Waals surface area contributed by atoms with Gasteiger partial charge in [-0.3, -0.25) is 0 Å². The van der Waals surface area contributed by atoms with Gasteiger partial charge >= 0.3 is 0 Å². The van der Waals surface area contributed by atoms with Crippen LogP contribution < -0.4 is 4.74 Å². The maximum Gasteiger partial charge on any atom is 0.133 e. The Hall–Kier alpha value is -0.150. The Morgan fingerprint density at radius 2 is 2.13 bits per heavy atom. The molecule has 1 atom stereocenters. The quantitative estimate of drug-likeness (QED) is 0.773. The minimum Gasteiger partial charge on any atom is -0.492 e. The average Bonchev–Trinajstić information content (AvgIpc) is 2.26. The van der Waals surface area contributed by atoms with Gasteiger partial charge in [0.25, 0.3) is 0 Å². The Balaban J connectivity index is 2.45. The lowest BCUT2D eigenvalue weighted by Crippen LogP contribution is -2.13. The molecule has 0 N–H and O–H groups in total. The molecule has 0 fully saturated rings. The summed E-state index contributed by atoms with van der Waals surface area (Å²) < 4.78 is 6.76. The van der Waals surface area contributed by atoms with Crippen molar-refractivity contribution in [3.63, 3.8) is 0 Å². The molecule has 0 radical (unpaired) electrons.